The van der Waals surface area contributed by atoms with Crippen LogP contribution in [-0.4, -0.2) is 17.5 Å². The number of nitrogens with one attached hydrogen (secondary N) is 1. The summed E-state index contributed by atoms with van der Waals surface area (Å²) in [5.74, 6) is -0.430. The second kappa shape index (κ2) is 6.29. The Morgan fingerprint density at radius 3 is 2.55 bits per heavy atom. The lowest BCUT2D eigenvalue weighted by molar-refractivity contribution is -0.0498. The number of halogens is 3. The Labute approximate surface area is 118 Å². The van der Waals surface area contributed by atoms with E-state index in [4.69, 9.17) is 11.6 Å². The van der Waals surface area contributed by atoms with Crippen LogP contribution < -0.4 is 10.1 Å². The predicted molar refractivity (Wildman–Crippen MR) is 70.3 cm³/mol. The lowest BCUT2D eigenvalue weighted by Crippen LogP contribution is -2.12. The standard InChI is InChI=1S/C13H9ClF2N2O2/c14-10-7-17-6-5-11(10)18-12(19)8-1-3-9(4-2-8)20-13(15)16/h1-7,13H,(H,17,18,19). The molecule has 1 aromatic carbocycles. The lowest BCUT2D eigenvalue weighted by atomic mass is 10.2. The van der Waals surface area contributed by atoms with Gasteiger partial charge in [-0.2, -0.15) is 8.78 Å². The summed E-state index contributed by atoms with van der Waals surface area (Å²) in [4.78, 5) is 15.7. The molecule has 4 nitrogen and oxygen atoms in total. The molecule has 0 radical (unpaired) electrons. The van der Waals surface area contributed by atoms with Gasteiger partial charge in [-0.1, -0.05) is 11.6 Å². The Bertz CT molecular complexity index is 606. The predicted octanol–water partition coefficient (Wildman–Crippen LogP) is 3.59. The summed E-state index contributed by atoms with van der Waals surface area (Å²) in [6, 6.07) is 6.88. The molecule has 2 aromatic rings. The molecule has 0 bridgehead atoms. The Hall–Kier alpha value is -2.21. The molecule has 1 heterocycles. The van der Waals surface area contributed by atoms with E-state index in [1.807, 2.05) is 0 Å². The Morgan fingerprint density at radius 1 is 1.25 bits per heavy atom. The number of pyridine rings is 1. The monoisotopic (exact) mass is 298 g/mol. The summed E-state index contributed by atoms with van der Waals surface area (Å²) in [5, 5.41) is 2.89. The van der Waals surface area contributed by atoms with Crippen LogP contribution in [0.25, 0.3) is 0 Å². The summed E-state index contributed by atoms with van der Waals surface area (Å²) in [6.07, 6.45) is 2.89. The van der Waals surface area contributed by atoms with Crippen LogP contribution in [-0.2, 0) is 0 Å². The molecule has 104 valence electrons. The molecule has 0 aliphatic carbocycles. The average molecular weight is 299 g/mol. The highest BCUT2D eigenvalue weighted by atomic mass is 35.5. The maximum Gasteiger partial charge on any atom is 0.387 e. The minimum atomic E-state index is -2.90. The quantitative estimate of drug-likeness (QED) is 0.938. The molecule has 0 aliphatic heterocycles. The van der Waals surface area contributed by atoms with E-state index in [9.17, 15) is 13.6 Å². The highest BCUT2D eigenvalue weighted by Gasteiger charge is 2.09. The van der Waals surface area contributed by atoms with Crippen LogP contribution in [0.3, 0.4) is 0 Å². The molecule has 1 aromatic heterocycles. The van der Waals surface area contributed by atoms with Gasteiger partial charge in [-0.3, -0.25) is 9.78 Å². The second-order valence-corrected chi connectivity index (χ2v) is 4.12. The van der Waals surface area contributed by atoms with Gasteiger partial charge in [0.1, 0.15) is 5.75 Å². The summed E-state index contributed by atoms with van der Waals surface area (Å²) in [5.41, 5.74) is 0.707. The van der Waals surface area contributed by atoms with E-state index in [1.165, 1.54) is 36.7 Å². The number of hydrogen-bond donors (Lipinski definition) is 1. The van der Waals surface area contributed by atoms with E-state index >= 15 is 0 Å². The smallest absolute Gasteiger partial charge is 0.387 e. The van der Waals surface area contributed by atoms with Gasteiger partial charge in [-0.05, 0) is 30.3 Å². The Morgan fingerprint density at radius 2 is 1.95 bits per heavy atom. The van der Waals surface area contributed by atoms with Crippen LogP contribution in [0.4, 0.5) is 14.5 Å². The summed E-state index contributed by atoms with van der Waals surface area (Å²) in [6.45, 7) is -2.90. The third-order valence-electron chi connectivity index (χ3n) is 2.36. The van der Waals surface area contributed by atoms with Gasteiger partial charge in [-0.25, -0.2) is 0 Å². The summed E-state index contributed by atoms with van der Waals surface area (Å²) < 4.78 is 28.2. The number of anilines is 1. The minimum absolute atomic E-state index is 0.0153. The van der Waals surface area contributed by atoms with Crippen molar-refractivity contribution < 1.29 is 18.3 Å². The maximum atomic E-state index is 12.0. The molecule has 0 aliphatic rings. The number of rotatable bonds is 4. The van der Waals surface area contributed by atoms with Crippen LogP contribution in [0.1, 0.15) is 10.4 Å². The Kier molecular flexibility index (Phi) is 4.47. The fourth-order valence-corrected chi connectivity index (χ4v) is 1.63. The SMILES string of the molecule is O=C(Nc1ccncc1Cl)c1ccc(OC(F)F)cc1. The van der Waals surface area contributed by atoms with E-state index in [0.29, 0.717) is 16.3 Å². The molecule has 0 atom stereocenters. The van der Waals surface area contributed by atoms with Gasteiger partial charge in [0.05, 0.1) is 10.7 Å². The van der Waals surface area contributed by atoms with Gasteiger partial charge >= 0.3 is 6.61 Å². The molecule has 7 heteroatoms. The first-order valence-electron chi connectivity index (χ1n) is 5.52. The molecule has 0 unspecified atom stereocenters. The average Bonchev–Trinajstić information content (AvgIpc) is 2.41. The number of aromatic nitrogens is 1. The molecule has 2 rings (SSSR count). The van der Waals surface area contributed by atoms with Crippen molar-refractivity contribution in [3.8, 4) is 5.75 Å². The first kappa shape index (κ1) is 14.2. The number of benzene rings is 1. The normalized spacial score (nSPS) is 10.4. The number of nitrogens with zero attached hydrogens (tertiary/aromatic N) is 1. The van der Waals surface area contributed by atoms with Crippen molar-refractivity contribution in [2.45, 2.75) is 6.61 Å². The second-order valence-electron chi connectivity index (χ2n) is 3.71. The van der Waals surface area contributed by atoms with E-state index in [-0.39, 0.29) is 5.75 Å². The number of hydrogen-bond acceptors (Lipinski definition) is 3. The Balaban J connectivity index is 2.08. The largest absolute Gasteiger partial charge is 0.435 e. The van der Waals surface area contributed by atoms with E-state index in [1.54, 1.807) is 6.07 Å². The van der Waals surface area contributed by atoms with Crippen molar-refractivity contribution >= 4 is 23.2 Å². The number of alkyl halides is 2. The topological polar surface area (TPSA) is 51.2 Å². The van der Waals surface area contributed by atoms with Crippen molar-refractivity contribution in [3.05, 3.63) is 53.3 Å². The fraction of sp³-hybridized carbons (Fsp3) is 0.0769. The highest BCUT2D eigenvalue weighted by Crippen LogP contribution is 2.21. The zero-order valence-corrected chi connectivity index (χ0v) is 10.8. The number of carbonyl (C=O) groups excluding carboxylic acids is 1. The summed E-state index contributed by atoms with van der Waals surface area (Å²) in [7, 11) is 0. The highest BCUT2D eigenvalue weighted by molar-refractivity contribution is 6.33. The zero-order valence-electron chi connectivity index (χ0n) is 10.0. The third kappa shape index (κ3) is 3.64. The summed E-state index contributed by atoms with van der Waals surface area (Å²) >= 11 is 5.86. The first-order chi connectivity index (χ1) is 9.56. The molecular formula is C13H9ClF2N2O2. The first-order valence-corrected chi connectivity index (χ1v) is 5.90. The maximum absolute atomic E-state index is 12.0. The van der Waals surface area contributed by atoms with Gasteiger partial charge in [-0.15, -0.1) is 0 Å². The molecular weight excluding hydrogens is 290 g/mol. The minimum Gasteiger partial charge on any atom is -0.435 e. The molecule has 0 fully saturated rings. The van der Waals surface area contributed by atoms with Gasteiger partial charge in [0.15, 0.2) is 0 Å². The van der Waals surface area contributed by atoms with E-state index < -0.39 is 12.5 Å². The van der Waals surface area contributed by atoms with Crippen molar-refractivity contribution in [3.63, 3.8) is 0 Å². The number of carbonyl (C=O) groups is 1. The molecule has 0 spiro atoms. The lowest BCUT2D eigenvalue weighted by Gasteiger charge is -2.08. The van der Waals surface area contributed by atoms with Gasteiger partial charge < -0.3 is 10.1 Å². The van der Waals surface area contributed by atoms with E-state index in [0.717, 1.165) is 0 Å². The molecule has 1 N–H and O–H groups in total. The number of amides is 1. The van der Waals surface area contributed by atoms with Crippen LogP contribution in [0.15, 0.2) is 42.7 Å². The van der Waals surface area contributed by atoms with Crippen LogP contribution in [0, 0.1) is 0 Å². The van der Waals surface area contributed by atoms with Crippen molar-refractivity contribution in [1.29, 1.82) is 0 Å². The van der Waals surface area contributed by atoms with E-state index in [2.05, 4.69) is 15.0 Å². The molecule has 0 saturated heterocycles. The van der Waals surface area contributed by atoms with Crippen molar-refractivity contribution in [1.82, 2.24) is 4.98 Å². The van der Waals surface area contributed by atoms with Crippen molar-refractivity contribution in [2.24, 2.45) is 0 Å². The van der Waals surface area contributed by atoms with Gasteiger partial charge in [0, 0.05) is 18.0 Å². The van der Waals surface area contributed by atoms with Gasteiger partial charge in [0.25, 0.3) is 5.91 Å². The molecule has 20 heavy (non-hydrogen) atoms. The van der Waals surface area contributed by atoms with Crippen LogP contribution in [0.5, 0.6) is 5.75 Å². The third-order valence-corrected chi connectivity index (χ3v) is 2.66. The molecule has 1 amide bonds. The zero-order chi connectivity index (χ0) is 14.5. The van der Waals surface area contributed by atoms with Crippen molar-refractivity contribution in [2.75, 3.05) is 5.32 Å². The van der Waals surface area contributed by atoms with Gasteiger partial charge in [0.2, 0.25) is 0 Å². The molecule has 0 saturated carbocycles. The fourth-order valence-electron chi connectivity index (χ4n) is 1.46. The van der Waals surface area contributed by atoms with Crippen LogP contribution in [0.2, 0.25) is 5.02 Å². The van der Waals surface area contributed by atoms with Crippen LogP contribution >= 0.6 is 11.6 Å². The number of ether oxygens (including phenoxy) is 1.